The lowest BCUT2D eigenvalue weighted by Gasteiger charge is -2.45. The quantitative estimate of drug-likeness (QED) is 0.288. The molecule has 0 aliphatic heterocycles. The van der Waals surface area contributed by atoms with E-state index in [0.29, 0.717) is 19.3 Å². The number of hydrogen-bond acceptors (Lipinski definition) is 4. The predicted octanol–water partition coefficient (Wildman–Crippen LogP) is 4.11. The summed E-state index contributed by atoms with van der Waals surface area (Å²) >= 11 is 0. The van der Waals surface area contributed by atoms with Gasteiger partial charge in [-0.25, -0.2) is 0 Å². The van der Waals surface area contributed by atoms with E-state index in [1.165, 1.54) is 19.3 Å². The molecule has 0 bridgehead atoms. The largest absolute Gasteiger partial charge is 0.481 e. The van der Waals surface area contributed by atoms with E-state index in [4.69, 9.17) is 11.5 Å². The van der Waals surface area contributed by atoms with Crippen molar-refractivity contribution < 1.29 is 24.9 Å². The Balaban J connectivity index is 0.000000308. The van der Waals surface area contributed by atoms with Gasteiger partial charge in [0, 0.05) is 25.2 Å². The topological polar surface area (TPSA) is 94.8 Å². The maximum Gasteiger partial charge on any atom is 0.303 e. The Morgan fingerprint density at radius 3 is 2.52 bits per heavy atom. The van der Waals surface area contributed by atoms with Gasteiger partial charge in [0.05, 0.1) is 12.2 Å². The van der Waals surface area contributed by atoms with Gasteiger partial charge in [-0.05, 0) is 49.9 Å². The van der Waals surface area contributed by atoms with E-state index in [1.807, 2.05) is 19.1 Å². The van der Waals surface area contributed by atoms with Crippen LogP contribution in [0.1, 0.15) is 84.5 Å². The number of carbonyl (C=O) groups is 2. The minimum absolute atomic E-state index is 0.0335. The molecule has 2 rings (SSSR count). The second-order valence-corrected chi connectivity index (χ2v) is 8.59. The van der Waals surface area contributed by atoms with Gasteiger partial charge in [0.1, 0.15) is 5.78 Å². The van der Waals surface area contributed by atoms with E-state index in [0.717, 1.165) is 19.3 Å². The van der Waals surface area contributed by atoms with Crippen LogP contribution in [0, 0.1) is 29.6 Å². The Kier molecular flexibility index (Phi) is 11.2. The second kappa shape index (κ2) is 12.8. The van der Waals surface area contributed by atoms with Gasteiger partial charge in [0.25, 0.3) is 0 Å². The first-order chi connectivity index (χ1) is 13.8. The average molecular weight is 407 g/mol. The lowest BCUT2D eigenvalue weighted by Crippen LogP contribution is -2.41. The van der Waals surface area contributed by atoms with E-state index >= 15 is 0 Å². The van der Waals surface area contributed by atoms with Crippen LogP contribution in [-0.2, 0) is 9.59 Å². The zero-order chi connectivity index (χ0) is 21.9. The highest BCUT2D eigenvalue weighted by Crippen LogP contribution is 2.48. The Bertz CT molecular complexity index is 585. The molecule has 0 aromatic carbocycles. The molecule has 0 amide bonds. The number of unbranched alkanes of at least 4 members (excludes halogenated alkanes) is 1. The van der Waals surface area contributed by atoms with E-state index in [-0.39, 0.29) is 42.0 Å². The molecule has 0 heterocycles. The fraction of sp³-hybridized carbons (Fsp3) is 0.750. The highest BCUT2D eigenvalue weighted by molar-refractivity contribution is 5.84. The summed E-state index contributed by atoms with van der Waals surface area (Å²) in [4.78, 5) is 21.8. The number of hydrogen-bond donors (Lipinski definition) is 3. The summed E-state index contributed by atoms with van der Waals surface area (Å²) in [6.45, 7) is 4.07. The number of aliphatic hydroxyl groups is 2. The summed E-state index contributed by atoms with van der Waals surface area (Å²) in [5.41, 5.74) is 0.196. The van der Waals surface area contributed by atoms with Gasteiger partial charge in [-0.2, -0.15) is 0 Å². The minimum Gasteiger partial charge on any atom is -0.481 e. The first kappa shape index (κ1) is 25.4. The minimum atomic E-state index is -0.777. The Morgan fingerprint density at radius 1 is 1.38 bits per heavy atom. The number of allylic oxidation sites excluding steroid dienone is 2. The summed E-state index contributed by atoms with van der Waals surface area (Å²) in [6, 6.07) is 0. The molecule has 29 heavy (non-hydrogen) atoms. The molecule has 4 atom stereocenters. The van der Waals surface area contributed by atoms with E-state index in [9.17, 15) is 19.8 Å². The molecule has 5 heteroatoms. The number of carbonyl (C=O) groups excluding carboxylic acids is 1. The highest BCUT2D eigenvalue weighted by Gasteiger charge is 2.41. The predicted molar refractivity (Wildman–Crippen MR) is 114 cm³/mol. The van der Waals surface area contributed by atoms with Crippen molar-refractivity contribution in [3.63, 3.8) is 0 Å². The SMILES string of the molecule is C#CCC(O)C1(CCC)CCC1.C[C@H]1[C@H](O)CC(=O)[C@@H]1C/C=C\CCCC(=O)O. The number of Topliss-reactive ketones (excluding diaryl/α,β-unsaturated/α-hetero) is 1. The van der Waals surface area contributed by atoms with Crippen LogP contribution in [0.4, 0.5) is 0 Å². The molecule has 2 aliphatic carbocycles. The van der Waals surface area contributed by atoms with Crippen LogP contribution in [0.2, 0.25) is 0 Å². The standard InChI is InChI=1S/C13H20O4.C11H18O/c1-9-10(12(15)8-11(9)14)6-4-2-3-5-7-13(16)17;1-3-6-10(12)11(7-4-2)8-5-9-11/h2,4,9-11,14H,3,5-8H2,1H3,(H,16,17);1,10,12H,4-9H2,2H3/b4-2-;/t9-,10-,11-;/m1./s1. The van der Waals surface area contributed by atoms with Crippen molar-refractivity contribution in [2.24, 2.45) is 17.3 Å². The lowest BCUT2D eigenvalue weighted by molar-refractivity contribution is -0.137. The molecule has 5 nitrogen and oxygen atoms in total. The first-order valence-electron chi connectivity index (χ1n) is 11.0. The first-order valence-corrected chi connectivity index (χ1v) is 11.0. The molecule has 3 N–H and O–H groups in total. The fourth-order valence-electron chi connectivity index (χ4n) is 4.39. The normalized spacial score (nSPS) is 26.3. The van der Waals surface area contributed by atoms with Gasteiger partial charge in [-0.1, -0.05) is 38.8 Å². The third-order valence-corrected chi connectivity index (χ3v) is 6.50. The molecular formula is C24H38O5. The van der Waals surface area contributed by atoms with Gasteiger partial charge in [0.2, 0.25) is 0 Å². The van der Waals surface area contributed by atoms with Crippen LogP contribution in [0.25, 0.3) is 0 Å². The van der Waals surface area contributed by atoms with Crippen LogP contribution >= 0.6 is 0 Å². The lowest BCUT2D eigenvalue weighted by atomic mass is 9.62. The van der Waals surface area contributed by atoms with Crippen LogP contribution in [0.15, 0.2) is 12.2 Å². The van der Waals surface area contributed by atoms with Gasteiger partial charge in [-0.15, -0.1) is 12.3 Å². The van der Waals surface area contributed by atoms with Crippen LogP contribution in [0.5, 0.6) is 0 Å². The number of aliphatic hydroxyl groups excluding tert-OH is 2. The molecule has 0 aromatic rings. The molecule has 164 valence electrons. The van der Waals surface area contributed by atoms with Crippen molar-refractivity contribution in [3.05, 3.63) is 12.2 Å². The molecule has 0 saturated heterocycles. The maximum atomic E-state index is 11.5. The average Bonchev–Trinajstić information content (AvgIpc) is 2.87. The molecule has 1 unspecified atom stereocenters. The van der Waals surface area contributed by atoms with Crippen molar-refractivity contribution in [3.8, 4) is 12.3 Å². The third-order valence-electron chi connectivity index (χ3n) is 6.50. The Labute approximate surface area is 175 Å². The van der Waals surface area contributed by atoms with Crippen molar-refractivity contribution >= 4 is 11.8 Å². The zero-order valence-corrected chi connectivity index (χ0v) is 18.0. The van der Waals surface area contributed by atoms with Crippen LogP contribution < -0.4 is 0 Å². The number of ketones is 1. The molecular weight excluding hydrogens is 368 g/mol. The van der Waals surface area contributed by atoms with E-state index in [1.54, 1.807) is 0 Å². The van der Waals surface area contributed by atoms with Gasteiger partial charge in [0.15, 0.2) is 0 Å². The molecule has 0 aromatic heterocycles. The molecule has 2 fully saturated rings. The van der Waals surface area contributed by atoms with Gasteiger partial charge < -0.3 is 15.3 Å². The summed E-state index contributed by atoms with van der Waals surface area (Å²) in [6.07, 6.45) is 17.2. The van der Waals surface area contributed by atoms with E-state index < -0.39 is 12.1 Å². The monoisotopic (exact) mass is 406 g/mol. The van der Waals surface area contributed by atoms with Gasteiger partial charge in [-0.3, -0.25) is 9.59 Å². The van der Waals surface area contributed by atoms with Crippen molar-refractivity contribution in [1.82, 2.24) is 0 Å². The zero-order valence-electron chi connectivity index (χ0n) is 18.0. The molecule has 0 radical (unpaired) electrons. The molecule has 2 aliphatic rings. The number of terminal acetylenes is 1. The Morgan fingerprint density at radius 2 is 2.07 bits per heavy atom. The number of aliphatic carboxylic acids is 1. The van der Waals surface area contributed by atoms with Crippen molar-refractivity contribution in [2.45, 2.75) is 96.7 Å². The summed E-state index contributed by atoms with van der Waals surface area (Å²) < 4.78 is 0. The summed E-state index contributed by atoms with van der Waals surface area (Å²) in [5.74, 6) is 1.88. The summed E-state index contributed by atoms with van der Waals surface area (Å²) in [5, 5.41) is 27.8. The number of rotatable bonds is 10. The van der Waals surface area contributed by atoms with Crippen LogP contribution in [0.3, 0.4) is 0 Å². The second-order valence-electron chi connectivity index (χ2n) is 8.59. The maximum absolute atomic E-state index is 11.5. The Hall–Kier alpha value is -1.64. The number of carboxylic acids is 1. The smallest absolute Gasteiger partial charge is 0.303 e. The van der Waals surface area contributed by atoms with Gasteiger partial charge >= 0.3 is 5.97 Å². The van der Waals surface area contributed by atoms with E-state index in [2.05, 4.69) is 12.8 Å². The molecule has 0 spiro atoms. The molecule has 2 saturated carbocycles. The highest BCUT2D eigenvalue weighted by atomic mass is 16.4. The summed E-state index contributed by atoms with van der Waals surface area (Å²) in [7, 11) is 0. The van der Waals surface area contributed by atoms with Crippen molar-refractivity contribution in [2.75, 3.05) is 0 Å². The van der Waals surface area contributed by atoms with Crippen molar-refractivity contribution in [1.29, 1.82) is 0 Å². The number of carboxylic acid groups (broad SMARTS) is 1. The third kappa shape index (κ3) is 7.95. The van der Waals surface area contributed by atoms with Crippen LogP contribution in [-0.4, -0.2) is 39.3 Å². The fourth-order valence-corrected chi connectivity index (χ4v) is 4.39.